The van der Waals surface area contributed by atoms with Crippen LogP contribution in [0.3, 0.4) is 0 Å². The van der Waals surface area contributed by atoms with Crippen LogP contribution in [-0.2, 0) is 19.6 Å². The number of aryl methyl sites for hydroxylation is 1. The molecule has 2 N–H and O–H groups in total. The maximum Gasteiger partial charge on any atom is 0.332 e. The van der Waals surface area contributed by atoms with Gasteiger partial charge in [0.05, 0.1) is 11.8 Å². The number of H-pyrrole nitrogens is 1. The molecule has 0 amide bonds. The van der Waals surface area contributed by atoms with Gasteiger partial charge in [-0.15, -0.1) is 0 Å². The van der Waals surface area contributed by atoms with E-state index in [2.05, 4.69) is 26.9 Å². The summed E-state index contributed by atoms with van der Waals surface area (Å²) in [6, 6.07) is 0. The van der Waals surface area contributed by atoms with Gasteiger partial charge in [0.15, 0.2) is 5.65 Å². The lowest BCUT2D eigenvalue weighted by atomic mass is 10.0. The van der Waals surface area contributed by atoms with Crippen LogP contribution < -0.4 is 11.2 Å². The van der Waals surface area contributed by atoms with Crippen molar-refractivity contribution in [1.29, 1.82) is 0 Å². The summed E-state index contributed by atoms with van der Waals surface area (Å²) in [6.45, 7) is 5.12. The third-order valence-electron chi connectivity index (χ3n) is 5.66. The minimum Gasteiger partial charge on any atom is -0.378 e. The van der Waals surface area contributed by atoms with Gasteiger partial charge in [0, 0.05) is 19.3 Å². The van der Waals surface area contributed by atoms with E-state index in [4.69, 9.17) is 0 Å². The zero-order valence-corrected chi connectivity index (χ0v) is 18.0. The van der Waals surface area contributed by atoms with E-state index >= 15 is 0 Å². The van der Waals surface area contributed by atoms with Gasteiger partial charge in [-0.3, -0.25) is 18.6 Å². The molecule has 3 aromatic heterocycles. The van der Waals surface area contributed by atoms with Crippen molar-refractivity contribution in [3.8, 4) is 23.2 Å². The molecule has 0 aromatic carbocycles. The van der Waals surface area contributed by atoms with Gasteiger partial charge in [-0.2, -0.15) is 5.10 Å². The average Bonchev–Trinajstić information content (AvgIpc) is 3.48. The fraction of sp³-hybridized carbons (Fsp3) is 0.545. The van der Waals surface area contributed by atoms with Crippen LogP contribution in [0.25, 0.3) is 22.6 Å². The molecule has 3 heterocycles. The number of hydrogen-bond acceptors (Lipinski definition) is 5. The summed E-state index contributed by atoms with van der Waals surface area (Å²) in [5, 5.41) is 14.7. The molecule has 4 rings (SSSR count). The number of hydrogen-bond donors (Lipinski definition) is 2. The van der Waals surface area contributed by atoms with Gasteiger partial charge in [0.25, 0.3) is 5.56 Å². The van der Waals surface area contributed by atoms with Crippen molar-refractivity contribution in [2.24, 2.45) is 0 Å². The first kappa shape index (κ1) is 21.1. The summed E-state index contributed by atoms with van der Waals surface area (Å²) in [5.41, 5.74) is -0.140. The van der Waals surface area contributed by atoms with Crippen LogP contribution >= 0.6 is 0 Å². The number of aromatic amines is 1. The fourth-order valence-electron chi connectivity index (χ4n) is 4.09. The predicted octanol–water partition coefficient (Wildman–Crippen LogP) is 1.88. The molecular formula is C22H28N6O3. The van der Waals surface area contributed by atoms with E-state index in [1.54, 1.807) is 21.6 Å². The lowest BCUT2D eigenvalue weighted by molar-refractivity contribution is 0.110. The van der Waals surface area contributed by atoms with E-state index in [-0.39, 0.29) is 11.2 Å². The van der Waals surface area contributed by atoms with Crippen molar-refractivity contribution >= 4 is 11.2 Å². The van der Waals surface area contributed by atoms with E-state index in [0.29, 0.717) is 48.6 Å². The molecule has 1 aliphatic rings. The zero-order valence-electron chi connectivity index (χ0n) is 18.0. The van der Waals surface area contributed by atoms with Crippen LogP contribution in [0.1, 0.15) is 52.4 Å². The van der Waals surface area contributed by atoms with Gasteiger partial charge >= 0.3 is 5.69 Å². The van der Waals surface area contributed by atoms with Gasteiger partial charge in [-0.25, -0.2) is 9.78 Å². The van der Waals surface area contributed by atoms with Crippen molar-refractivity contribution in [2.75, 3.05) is 0 Å². The van der Waals surface area contributed by atoms with Gasteiger partial charge in [-0.05, 0) is 38.5 Å². The van der Waals surface area contributed by atoms with E-state index < -0.39 is 5.60 Å². The minimum absolute atomic E-state index is 0.324. The quantitative estimate of drug-likeness (QED) is 0.587. The zero-order chi connectivity index (χ0) is 22.0. The van der Waals surface area contributed by atoms with Crippen molar-refractivity contribution in [3.63, 3.8) is 0 Å². The summed E-state index contributed by atoms with van der Waals surface area (Å²) < 4.78 is 4.50. The summed E-state index contributed by atoms with van der Waals surface area (Å²) in [5.74, 6) is 6.47. The van der Waals surface area contributed by atoms with Crippen LogP contribution in [0.2, 0.25) is 0 Å². The third kappa shape index (κ3) is 4.08. The van der Waals surface area contributed by atoms with Crippen LogP contribution in [0.4, 0.5) is 0 Å². The number of nitrogens with zero attached hydrogens (tertiary/aromatic N) is 5. The van der Waals surface area contributed by atoms with Crippen molar-refractivity contribution in [1.82, 2.24) is 28.9 Å². The largest absolute Gasteiger partial charge is 0.378 e. The second-order valence-corrected chi connectivity index (χ2v) is 8.14. The highest BCUT2D eigenvalue weighted by atomic mass is 16.3. The summed E-state index contributed by atoms with van der Waals surface area (Å²) in [4.78, 5) is 33.3. The highest BCUT2D eigenvalue weighted by Gasteiger charge is 2.28. The van der Waals surface area contributed by atoms with E-state index in [0.717, 1.165) is 32.1 Å². The van der Waals surface area contributed by atoms with E-state index in [1.807, 2.05) is 13.8 Å². The number of rotatable bonds is 6. The maximum atomic E-state index is 12.9. The lowest BCUT2D eigenvalue weighted by Gasteiger charge is -2.12. The Morgan fingerprint density at radius 1 is 1.16 bits per heavy atom. The molecule has 3 aromatic rings. The second-order valence-electron chi connectivity index (χ2n) is 8.14. The summed E-state index contributed by atoms with van der Waals surface area (Å²) in [7, 11) is 0. The van der Waals surface area contributed by atoms with Crippen LogP contribution in [0.15, 0.2) is 22.0 Å². The average molecular weight is 425 g/mol. The Labute approximate surface area is 179 Å². The molecule has 164 valence electrons. The number of imidazole rings is 1. The topological polar surface area (TPSA) is 111 Å². The molecule has 1 saturated carbocycles. The minimum atomic E-state index is -0.865. The van der Waals surface area contributed by atoms with E-state index in [1.165, 1.54) is 4.57 Å². The molecule has 0 spiro atoms. The normalized spacial score (nSPS) is 15.3. The first-order chi connectivity index (χ1) is 15.0. The Kier molecular flexibility index (Phi) is 5.83. The SMILES string of the molecule is CCCn1c(=O)c2[nH]c(-c3cnn(CC#CC4(O)CCCC4)c3)nc2n(CCC)c1=O. The molecule has 0 atom stereocenters. The van der Waals surface area contributed by atoms with Gasteiger partial charge < -0.3 is 10.1 Å². The van der Waals surface area contributed by atoms with Crippen LogP contribution in [-0.4, -0.2) is 39.6 Å². The molecule has 0 aliphatic heterocycles. The molecule has 1 aliphatic carbocycles. The van der Waals surface area contributed by atoms with Crippen molar-refractivity contribution < 1.29 is 5.11 Å². The van der Waals surface area contributed by atoms with Gasteiger partial charge in [0.2, 0.25) is 0 Å². The first-order valence-corrected chi connectivity index (χ1v) is 10.9. The lowest BCUT2D eigenvalue weighted by Crippen LogP contribution is -2.40. The molecule has 9 heteroatoms. The fourth-order valence-corrected chi connectivity index (χ4v) is 4.09. The number of fused-ring (bicyclic) bond motifs is 1. The monoisotopic (exact) mass is 424 g/mol. The molecule has 0 radical (unpaired) electrons. The Morgan fingerprint density at radius 2 is 1.87 bits per heavy atom. The Balaban J connectivity index is 1.67. The third-order valence-corrected chi connectivity index (χ3v) is 5.66. The van der Waals surface area contributed by atoms with E-state index in [9.17, 15) is 14.7 Å². The molecule has 9 nitrogen and oxygen atoms in total. The number of aliphatic hydroxyl groups is 1. The first-order valence-electron chi connectivity index (χ1n) is 10.9. The Bertz CT molecular complexity index is 1260. The smallest absolute Gasteiger partial charge is 0.332 e. The number of aromatic nitrogens is 6. The van der Waals surface area contributed by atoms with Crippen LogP contribution in [0, 0.1) is 11.8 Å². The summed E-state index contributed by atoms with van der Waals surface area (Å²) >= 11 is 0. The van der Waals surface area contributed by atoms with Crippen molar-refractivity contribution in [3.05, 3.63) is 33.2 Å². The Hall–Kier alpha value is -3.12. The maximum absolute atomic E-state index is 12.9. The molecule has 0 bridgehead atoms. The van der Waals surface area contributed by atoms with Gasteiger partial charge in [0.1, 0.15) is 23.5 Å². The number of nitrogens with one attached hydrogen (secondary N) is 1. The predicted molar refractivity (Wildman–Crippen MR) is 118 cm³/mol. The highest BCUT2D eigenvalue weighted by Crippen LogP contribution is 2.28. The van der Waals surface area contributed by atoms with Crippen molar-refractivity contribution in [2.45, 2.75) is 77.6 Å². The second kappa shape index (κ2) is 8.55. The highest BCUT2D eigenvalue weighted by molar-refractivity contribution is 5.75. The standard InChI is InChI=1S/C22H28N6O3/c1-3-11-27-19-17(20(29)28(12-4-2)21(27)30)24-18(25-19)16-14-23-26(15-16)13-7-10-22(31)8-5-6-9-22/h14-15,31H,3-6,8-9,11-13H2,1-2H3,(H,24,25). The summed E-state index contributed by atoms with van der Waals surface area (Å²) in [6.07, 6.45) is 8.34. The molecule has 31 heavy (non-hydrogen) atoms. The van der Waals surface area contributed by atoms with Crippen LogP contribution in [0.5, 0.6) is 0 Å². The molecule has 0 saturated heterocycles. The molecule has 1 fully saturated rings. The molecule has 0 unspecified atom stereocenters. The molecular weight excluding hydrogens is 396 g/mol. The Morgan fingerprint density at radius 3 is 2.58 bits per heavy atom. The van der Waals surface area contributed by atoms with Gasteiger partial charge in [-0.1, -0.05) is 25.7 Å².